The second kappa shape index (κ2) is 12.2. The lowest BCUT2D eigenvalue weighted by Crippen LogP contribution is -2.49. The number of amides is 1. The fourth-order valence-electron chi connectivity index (χ4n) is 4.70. The van der Waals surface area contributed by atoms with Gasteiger partial charge in [0.15, 0.2) is 11.6 Å². The summed E-state index contributed by atoms with van der Waals surface area (Å²) >= 11 is 0. The summed E-state index contributed by atoms with van der Waals surface area (Å²) < 4.78 is 19.8. The Hall–Kier alpha value is -4.46. The van der Waals surface area contributed by atoms with Crippen LogP contribution in [0, 0.1) is 17.7 Å². The number of rotatable bonds is 10. The Morgan fingerprint density at radius 2 is 2.15 bits per heavy atom. The van der Waals surface area contributed by atoms with E-state index in [1.165, 1.54) is 13.2 Å². The van der Waals surface area contributed by atoms with Crippen molar-refractivity contribution in [3.8, 4) is 28.8 Å². The van der Waals surface area contributed by atoms with Crippen molar-refractivity contribution in [2.24, 2.45) is 0 Å². The van der Waals surface area contributed by atoms with Gasteiger partial charge in [-0.25, -0.2) is 4.39 Å². The quantitative estimate of drug-likeness (QED) is 0.176. The molecular formula is C30H33FN6O3. The van der Waals surface area contributed by atoms with Crippen LogP contribution in [0.1, 0.15) is 28.5 Å². The Balaban J connectivity index is 1.83. The molecule has 4 N–H and O–H groups in total. The molecule has 0 unspecified atom stereocenters. The maximum atomic E-state index is 14.5. The molecule has 4 rings (SSSR count). The number of fused-ring (bicyclic) bond motifs is 1. The molecule has 9 nitrogen and oxygen atoms in total. The van der Waals surface area contributed by atoms with E-state index >= 15 is 0 Å². The Bertz CT molecular complexity index is 1500. The van der Waals surface area contributed by atoms with Gasteiger partial charge in [0.05, 0.1) is 40.8 Å². The molecular weight excluding hydrogens is 511 g/mol. The third-order valence-corrected chi connectivity index (χ3v) is 6.46. The number of aromatic nitrogens is 2. The second-order valence-corrected chi connectivity index (χ2v) is 10.1. The standard InChI is InChI=1S/C30H33FN6O3/c1-19(17-38)15-34-30(2,18-37(3)4)12-9-20-16-32-13-10-21(20)26-27(25-23(35-26)11-14-33-29(25)39)36-24-8-6-7-22(31)28(24)40-5/h6-8,10,13,16-17,34-36H,1,11,14-15,18H2,2-5H3,(H,33,39)/t30-/m0/s1. The van der Waals surface area contributed by atoms with E-state index in [9.17, 15) is 14.0 Å². The minimum absolute atomic E-state index is 0.0387. The van der Waals surface area contributed by atoms with E-state index in [2.05, 4.69) is 44.3 Å². The summed E-state index contributed by atoms with van der Waals surface area (Å²) in [6.45, 7) is 7.07. The first kappa shape index (κ1) is 28.5. The van der Waals surface area contributed by atoms with Crippen molar-refractivity contribution in [2.45, 2.75) is 18.9 Å². The van der Waals surface area contributed by atoms with Crippen molar-refractivity contribution in [3.63, 3.8) is 0 Å². The van der Waals surface area contributed by atoms with Crippen molar-refractivity contribution < 1.29 is 18.7 Å². The molecule has 1 atom stereocenters. The molecule has 10 heteroatoms. The van der Waals surface area contributed by atoms with Gasteiger partial charge < -0.3 is 25.3 Å². The number of nitrogens with one attached hydrogen (secondary N) is 4. The van der Waals surface area contributed by atoms with Crippen molar-refractivity contribution in [3.05, 3.63) is 71.4 Å². The molecule has 0 bridgehead atoms. The van der Waals surface area contributed by atoms with Crippen LogP contribution in [0.15, 0.2) is 48.8 Å². The normalized spacial score (nSPS) is 13.9. The molecule has 208 valence electrons. The van der Waals surface area contributed by atoms with Crippen molar-refractivity contribution in [2.75, 3.05) is 46.2 Å². The minimum atomic E-state index is -0.673. The maximum absolute atomic E-state index is 14.5. The van der Waals surface area contributed by atoms with E-state index in [0.29, 0.717) is 65.4 Å². The van der Waals surface area contributed by atoms with E-state index in [4.69, 9.17) is 4.74 Å². The number of carbonyl (C=O) groups is 2. The van der Waals surface area contributed by atoms with Gasteiger partial charge in [0, 0.05) is 49.7 Å². The summed E-state index contributed by atoms with van der Waals surface area (Å²) in [6.07, 6.45) is 4.64. The fourth-order valence-corrected chi connectivity index (χ4v) is 4.70. The summed E-state index contributed by atoms with van der Waals surface area (Å²) in [5.74, 6) is 5.86. The first-order valence-corrected chi connectivity index (χ1v) is 12.8. The van der Waals surface area contributed by atoms with Crippen LogP contribution in [0.3, 0.4) is 0 Å². The van der Waals surface area contributed by atoms with E-state index < -0.39 is 11.4 Å². The SMILES string of the molecule is C=C(C=O)CN[C@@](C)(C#Cc1cnccc1-c1[nH]c2c(c1Nc1cccc(F)c1OC)C(=O)NCC2)CN(C)C. The van der Waals surface area contributed by atoms with Crippen LogP contribution in [0.25, 0.3) is 11.3 Å². The molecule has 0 fully saturated rings. The number of ether oxygens (including phenoxy) is 1. The average molecular weight is 545 g/mol. The zero-order valence-corrected chi connectivity index (χ0v) is 23.1. The topological polar surface area (TPSA) is 111 Å². The molecule has 0 radical (unpaired) electrons. The second-order valence-electron chi connectivity index (χ2n) is 10.1. The Morgan fingerprint density at radius 3 is 2.88 bits per heavy atom. The van der Waals surface area contributed by atoms with Crippen molar-refractivity contribution in [1.29, 1.82) is 0 Å². The Morgan fingerprint density at radius 1 is 1.35 bits per heavy atom. The number of hydrogen-bond acceptors (Lipinski definition) is 7. The first-order chi connectivity index (χ1) is 19.2. The molecule has 0 aliphatic carbocycles. The van der Waals surface area contributed by atoms with Crippen LogP contribution in [0.5, 0.6) is 5.75 Å². The number of para-hydroxylation sites is 1. The van der Waals surface area contributed by atoms with Gasteiger partial charge in [-0.3, -0.25) is 19.9 Å². The lowest BCUT2D eigenvalue weighted by Gasteiger charge is -2.28. The van der Waals surface area contributed by atoms with Gasteiger partial charge in [0.1, 0.15) is 6.29 Å². The number of anilines is 2. The van der Waals surface area contributed by atoms with Gasteiger partial charge in [0.2, 0.25) is 0 Å². The highest BCUT2D eigenvalue weighted by Crippen LogP contribution is 2.40. The van der Waals surface area contributed by atoms with Crippen LogP contribution in [0.2, 0.25) is 0 Å². The number of benzene rings is 1. The van der Waals surface area contributed by atoms with E-state index in [-0.39, 0.29) is 11.7 Å². The van der Waals surface area contributed by atoms with Crippen LogP contribution >= 0.6 is 0 Å². The average Bonchev–Trinajstić information content (AvgIpc) is 3.30. The Labute approximate surface area is 233 Å². The molecule has 1 amide bonds. The van der Waals surface area contributed by atoms with Crippen molar-refractivity contribution >= 4 is 23.6 Å². The summed E-state index contributed by atoms with van der Waals surface area (Å²) in [5, 5.41) is 9.46. The molecule has 40 heavy (non-hydrogen) atoms. The summed E-state index contributed by atoms with van der Waals surface area (Å²) in [6, 6.07) is 6.38. The zero-order chi connectivity index (χ0) is 28.9. The summed E-state index contributed by atoms with van der Waals surface area (Å²) in [5.41, 5.74) is 3.79. The van der Waals surface area contributed by atoms with Gasteiger partial charge in [0.25, 0.3) is 5.91 Å². The number of hydrogen-bond donors (Lipinski definition) is 4. The fraction of sp³-hybridized carbons (Fsp3) is 0.300. The molecule has 1 aromatic carbocycles. The monoisotopic (exact) mass is 544 g/mol. The van der Waals surface area contributed by atoms with Gasteiger partial charge >= 0.3 is 0 Å². The molecule has 1 aliphatic heterocycles. The van der Waals surface area contributed by atoms with Crippen LogP contribution < -0.4 is 20.7 Å². The highest BCUT2D eigenvalue weighted by atomic mass is 19.1. The van der Waals surface area contributed by atoms with E-state index in [1.54, 1.807) is 24.5 Å². The van der Waals surface area contributed by atoms with Crippen molar-refractivity contribution in [1.82, 2.24) is 25.5 Å². The van der Waals surface area contributed by atoms with Crippen LogP contribution in [-0.4, -0.2) is 73.4 Å². The molecule has 0 saturated carbocycles. The Kier molecular flexibility index (Phi) is 8.67. The number of aromatic amines is 1. The third kappa shape index (κ3) is 6.22. The van der Waals surface area contributed by atoms with Gasteiger partial charge in [-0.05, 0) is 44.8 Å². The smallest absolute Gasteiger partial charge is 0.255 e. The number of H-pyrrole nitrogens is 1. The molecule has 2 aromatic heterocycles. The number of carbonyl (C=O) groups excluding carboxylic acids is 2. The van der Waals surface area contributed by atoms with E-state index in [0.717, 1.165) is 12.0 Å². The number of nitrogens with zero attached hydrogens (tertiary/aromatic N) is 2. The van der Waals surface area contributed by atoms with Gasteiger partial charge in [-0.15, -0.1) is 0 Å². The largest absolute Gasteiger partial charge is 0.492 e. The predicted molar refractivity (Wildman–Crippen MR) is 153 cm³/mol. The lowest BCUT2D eigenvalue weighted by atomic mass is 9.99. The van der Waals surface area contributed by atoms with Crippen LogP contribution in [-0.2, 0) is 11.2 Å². The zero-order valence-electron chi connectivity index (χ0n) is 23.1. The van der Waals surface area contributed by atoms with Crippen LogP contribution in [0.4, 0.5) is 15.8 Å². The summed E-state index contributed by atoms with van der Waals surface area (Å²) in [7, 11) is 5.28. The van der Waals surface area contributed by atoms with E-state index in [1.807, 2.05) is 32.0 Å². The first-order valence-electron chi connectivity index (χ1n) is 12.8. The minimum Gasteiger partial charge on any atom is -0.492 e. The molecule has 0 saturated heterocycles. The lowest BCUT2D eigenvalue weighted by molar-refractivity contribution is -0.104. The molecule has 0 spiro atoms. The van der Waals surface area contributed by atoms with Gasteiger partial charge in [-0.1, -0.05) is 24.5 Å². The van der Waals surface area contributed by atoms with Gasteiger partial charge in [-0.2, -0.15) is 0 Å². The maximum Gasteiger partial charge on any atom is 0.255 e. The molecule has 3 aromatic rings. The third-order valence-electron chi connectivity index (χ3n) is 6.46. The molecule has 1 aliphatic rings. The summed E-state index contributed by atoms with van der Waals surface area (Å²) in [4.78, 5) is 33.8. The number of likely N-dealkylation sites (N-methyl/N-ethyl adjacent to an activating group) is 1. The molecule has 3 heterocycles. The predicted octanol–water partition coefficient (Wildman–Crippen LogP) is 3.27. The number of aldehydes is 1. The highest BCUT2D eigenvalue weighted by Gasteiger charge is 2.29. The highest BCUT2D eigenvalue weighted by molar-refractivity contribution is 6.06. The number of halogens is 1. The number of pyridine rings is 1. The number of methoxy groups -OCH3 is 1.